The van der Waals surface area contributed by atoms with Crippen LogP contribution in [0.3, 0.4) is 0 Å². The highest BCUT2D eigenvalue weighted by Gasteiger charge is 2.51. The zero-order valence-corrected chi connectivity index (χ0v) is 36.4. The normalized spacial score (nSPS) is 18.6. The number of imidazole rings is 1. The van der Waals surface area contributed by atoms with Crippen molar-refractivity contribution in [2.75, 3.05) is 18.9 Å². The van der Waals surface area contributed by atoms with Gasteiger partial charge in [-0.15, -0.1) is 4.52 Å². The maximum Gasteiger partial charge on any atom is 0.653 e. The number of ether oxygens (including phenoxy) is 2. The third-order valence-electron chi connectivity index (χ3n) is 11.1. The molecule has 1 aliphatic heterocycles. The lowest BCUT2D eigenvalue weighted by atomic mass is 10.0. The minimum Gasteiger partial charge on any atom is -0.464 e. The smallest absolute Gasteiger partial charge is 0.464 e. The molecule has 3 N–H and O–H groups in total. The van der Waals surface area contributed by atoms with Crippen LogP contribution in [0.15, 0.2) is 67.0 Å². The number of rotatable bonds is 29. The molecule has 0 spiro atoms. The van der Waals surface area contributed by atoms with Gasteiger partial charge in [0.2, 0.25) is 0 Å². The van der Waals surface area contributed by atoms with Gasteiger partial charge in [0.05, 0.1) is 19.0 Å². The summed E-state index contributed by atoms with van der Waals surface area (Å²) in [6.07, 6.45) is 20.0. The van der Waals surface area contributed by atoms with E-state index in [4.69, 9.17) is 24.6 Å². The van der Waals surface area contributed by atoms with E-state index in [2.05, 4.69) is 21.9 Å². The van der Waals surface area contributed by atoms with E-state index in [0.29, 0.717) is 5.75 Å². The van der Waals surface area contributed by atoms with Gasteiger partial charge in [0, 0.05) is 12.8 Å². The number of anilines is 1. The number of aliphatic hydroxyl groups excluding tert-OH is 1. The average molecular weight is 852 g/mol. The van der Waals surface area contributed by atoms with E-state index in [-0.39, 0.29) is 43.0 Å². The average Bonchev–Trinajstić information content (AvgIpc) is 3.81. The summed E-state index contributed by atoms with van der Waals surface area (Å²) < 4.78 is 47.7. The fourth-order valence-corrected chi connectivity index (χ4v) is 8.57. The van der Waals surface area contributed by atoms with Crippen LogP contribution in [0.5, 0.6) is 5.75 Å². The Hall–Kier alpha value is -4.07. The number of esters is 1. The molecular formula is C45H65FN6O7P+. The van der Waals surface area contributed by atoms with E-state index in [0.717, 1.165) is 36.1 Å². The lowest BCUT2D eigenvalue weighted by Gasteiger charge is -2.26. The zero-order chi connectivity index (χ0) is 42.6. The monoisotopic (exact) mass is 851 g/mol. The summed E-state index contributed by atoms with van der Waals surface area (Å²) in [6, 6.07) is 16.9. The second-order valence-corrected chi connectivity index (χ2v) is 17.2. The molecule has 328 valence electrons. The number of aromatic nitrogens is 4. The third kappa shape index (κ3) is 14.5. The van der Waals surface area contributed by atoms with Gasteiger partial charge in [-0.25, -0.2) is 4.98 Å². The second kappa shape index (κ2) is 25.0. The molecule has 0 saturated carbocycles. The van der Waals surface area contributed by atoms with Gasteiger partial charge >= 0.3 is 20.2 Å². The Morgan fingerprint density at radius 2 is 1.48 bits per heavy atom. The number of nitrogens with zero attached hydrogens (tertiary/aromatic N) is 5. The lowest BCUT2D eigenvalue weighted by molar-refractivity contribution is -0.156. The summed E-state index contributed by atoms with van der Waals surface area (Å²) in [5, 5.41) is 11.2. The molecule has 13 nitrogen and oxygen atoms in total. The summed E-state index contributed by atoms with van der Waals surface area (Å²) in [4.78, 5) is 32.6. The summed E-state index contributed by atoms with van der Waals surface area (Å²) in [5.74, 6) is -0.380. The molecule has 60 heavy (non-hydrogen) atoms. The number of hydroxylamine groups is 1. The predicted octanol–water partition coefficient (Wildman–Crippen LogP) is 10.4. The van der Waals surface area contributed by atoms with Crippen LogP contribution in [0.4, 0.5) is 10.2 Å². The van der Waals surface area contributed by atoms with Crippen molar-refractivity contribution in [3.05, 3.63) is 78.6 Å². The fourth-order valence-electron chi connectivity index (χ4n) is 7.53. The molecule has 0 radical (unpaired) electrons. The van der Waals surface area contributed by atoms with Crippen LogP contribution < -0.4 is 10.6 Å². The molecular weight excluding hydrogens is 787 g/mol. The summed E-state index contributed by atoms with van der Waals surface area (Å²) in [6.45, 7) is 3.75. The Morgan fingerprint density at radius 3 is 2.08 bits per heavy atom. The van der Waals surface area contributed by atoms with E-state index >= 15 is 0 Å². The number of hydrogen-bond donors (Lipinski definition) is 2. The molecule has 0 bridgehead atoms. The van der Waals surface area contributed by atoms with Gasteiger partial charge in [0.1, 0.15) is 23.3 Å². The van der Waals surface area contributed by atoms with Crippen molar-refractivity contribution < 1.29 is 37.7 Å². The van der Waals surface area contributed by atoms with Crippen LogP contribution in [0, 0.1) is 6.08 Å². The number of aliphatic hydroxyl groups is 1. The van der Waals surface area contributed by atoms with Crippen LogP contribution in [0.1, 0.15) is 141 Å². The highest BCUT2D eigenvalue weighted by Crippen LogP contribution is 2.42. The highest BCUT2D eigenvalue weighted by molar-refractivity contribution is 7.36. The fraction of sp³-hybridized carbons (Fsp3) is 0.600. The SMILES string of the molecule is CCCCCCCCCCCCCCCCCCCOC(=O)[C@H](Cc1ccccc1)N(Oc1ccccc1)[P+](=O)OC[C@@]1(C)O[C@@H](n2cnc3c(N)nc(F)nc32)C[C@@H]1O. The molecule has 1 aliphatic rings. The maximum atomic E-state index is 14.2. The quantitative estimate of drug-likeness (QED) is 0.0175. The molecule has 0 aliphatic carbocycles. The molecule has 3 heterocycles. The molecule has 0 amide bonds. The maximum absolute atomic E-state index is 14.2. The van der Waals surface area contributed by atoms with E-state index in [9.17, 15) is 18.9 Å². The number of hydrogen-bond acceptors (Lipinski definition) is 11. The van der Waals surface area contributed by atoms with Crippen molar-refractivity contribution >= 4 is 31.1 Å². The van der Waals surface area contributed by atoms with Crippen molar-refractivity contribution in [2.24, 2.45) is 0 Å². The number of unbranched alkanes of at least 4 members (excludes halogenated alkanes) is 16. The van der Waals surface area contributed by atoms with Gasteiger partial charge in [-0.05, 0) is 35.6 Å². The molecule has 2 aromatic carbocycles. The Balaban J connectivity index is 1.12. The first-order valence-corrected chi connectivity index (χ1v) is 23.2. The van der Waals surface area contributed by atoms with Crippen molar-refractivity contribution in [2.45, 2.75) is 160 Å². The van der Waals surface area contributed by atoms with E-state index in [1.54, 1.807) is 31.2 Å². The highest BCUT2D eigenvalue weighted by atomic mass is 31.1. The Labute approximate surface area is 355 Å². The summed E-state index contributed by atoms with van der Waals surface area (Å²) in [5.41, 5.74) is 5.57. The van der Waals surface area contributed by atoms with E-state index in [1.807, 2.05) is 36.4 Å². The van der Waals surface area contributed by atoms with Gasteiger partial charge in [0.15, 0.2) is 28.8 Å². The molecule has 5 atom stereocenters. The van der Waals surface area contributed by atoms with Gasteiger partial charge in [-0.1, -0.05) is 158 Å². The van der Waals surface area contributed by atoms with Crippen molar-refractivity contribution in [3.8, 4) is 5.75 Å². The number of fused-ring (bicyclic) bond motifs is 1. The standard InChI is InChI=1S/C45H65FN6O7P/c1-3-4-5-6-7-8-9-10-11-12-13-14-15-16-17-18-25-30-56-43(54)37(31-35-26-21-19-22-27-35)52(59-36-28-23-20-24-29-36)60(55)57-33-45(2)38(53)32-39(58-45)51-34-48-40-41(47)49-44(46)50-42(40)51/h19-24,26-29,34,37-39,53H,3-18,25,30-33H2,1-2H3,(H2,47,49,50)/q+1/t37-,38-,39+,45+/m0/s1. The second-order valence-electron chi connectivity index (χ2n) is 16.1. The van der Waals surface area contributed by atoms with E-state index in [1.165, 1.54) is 94.4 Å². The molecule has 1 fully saturated rings. The first kappa shape index (κ1) is 47.0. The predicted molar refractivity (Wildman–Crippen MR) is 230 cm³/mol. The van der Waals surface area contributed by atoms with Crippen molar-refractivity contribution in [1.82, 2.24) is 24.4 Å². The lowest BCUT2D eigenvalue weighted by Crippen LogP contribution is -2.44. The zero-order valence-electron chi connectivity index (χ0n) is 35.5. The summed E-state index contributed by atoms with van der Waals surface area (Å²) >= 11 is 0. The van der Waals surface area contributed by atoms with Gasteiger partial charge in [0.25, 0.3) is 0 Å². The van der Waals surface area contributed by atoms with Crippen molar-refractivity contribution in [1.29, 1.82) is 0 Å². The van der Waals surface area contributed by atoms with Gasteiger partial charge in [-0.3, -0.25) is 9.36 Å². The molecule has 5 rings (SSSR count). The van der Waals surface area contributed by atoms with Crippen LogP contribution in [0.25, 0.3) is 11.2 Å². The number of nitrogen functional groups attached to an aromatic ring is 1. The Kier molecular flexibility index (Phi) is 19.6. The van der Waals surface area contributed by atoms with Gasteiger partial charge < -0.3 is 25.2 Å². The van der Waals surface area contributed by atoms with Crippen molar-refractivity contribution in [3.63, 3.8) is 0 Å². The third-order valence-corrected chi connectivity index (χ3v) is 12.2. The molecule has 4 aromatic rings. The minimum atomic E-state index is -2.88. The first-order chi connectivity index (χ1) is 29.2. The number of carbonyl (C=O) groups excluding carboxylic acids is 1. The van der Waals surface area contributed by atoms with Crippen LogP contribution in [-0.4, -0.2) is 66.4 Å². The Bertz CT molecular complexity index is 1870. The molecule has 1 unspecified atom stereocenters. The molecule has 2 aromatic heterocycles. The topological polar surface area (TPSA) is 164 Å². The first-order valence-electron chi connectivity index (χ1n) is 22.0. The Morgan fingerprint density at radius 1 is 0.917 bits per heavy atom. The van der Waals surface area contributed by atoms with Crippen LogP contribution >= 0.6 is 8.18 Å². The van der Waals surface area contributed by atoms with Gasteiger partial charge in [-0.2, -0.15) is 14.4 Å². The van der Waals surface area contributed by atoms with Crippen LogP contribution in [0.2, 0.25) is 0 Å². The number of halogens is 1. The van der Waals surface area contributed by atoms with Crippen LogP contribution in [-0.2, 0) is 29.8 Å². The number of nitrogens with two attached hydrogens (primary N) is 1. The number of benzene rings is 2. The molecule has 1 saturated heterocycles. The number of carbonyl (C=O) groups is 1. The minimum absolute atomic E-state index is 0.0697. The number of para-hydroxylation sites is 1. The van der Waals surface area contributed by atoms with E-state index < -0.39 is 44.2 Å². The largest absolute Gasteiger partial charge is 0.653 e. The molecule has 15 heteroatoms. The summed E-state index contributed by atoms with van der Waals surface area (Å²) in [7, 11) is -2.88.